The first-order valence-corrected chi connectivity index (χ1v) is 7.63. The van der Waals surface area contributed by atoms with Gasteiger partial charge >= 0.3 is 6.18 Å². The van der Waals surface area contributed by atoms with Crippen LogP contribution in [0.15, 0.2) is 30.3 Å². The van der Waals surface area contributed by atoms with Gasteiger partial charge in [-0.15, -0.1) is 0 Å². The molecule has 1 heterocycles. The summed E-state index contributed by atoms with van der Waals surface area (Å²) in [5.41, 5.74) is 4.82. The molecule has 0 unspecified atom stereocenters. The van der Waals surface area contributed by atoms with E-state index < -0.39 is 17.6 Å². The molecule has 1 aliphatic rings. The summed E-state index contributed by atoms with van der Waals surface area (Å²) in [4.78, 5) is 25.1. The fraction of sp³-hybridized carbons (Fsp3) is 0.412. The summed E-state index contributed by atoms with van der Waals surface area (Å²) in [5, 5.41) is 0. The molecule has 2 amide bonds. The lowest BCUT2D eigenvalue weighted by atomic mass is 9.93. The summed E-state index contributed by atoms with van der Waals surface area (Å²) < 4.78 is 38.1. The third-order valence-electron chi connectivity index (χ3n) is 4.20. The molecule has 0 aliphatic carbocycles. The lowest BCUT2D eigenvalue weighted by Gasteiger charge is -2.36. The van der Waals surface area contributed by atoms with E-state index in [-0.39, 0.29) is 30.0 Å². The zero-order chi connectivity index (χ0) is 17.9. The van der Waals surface area contributed by atoms with E-state index in [0.29, 0.717) is 12.8 Å². The molecule has 24 heavy (non-hydrogen) atoms. The summed E-state index contributed by atoms with van der Waals surface area (Å²) in [6, 6.07) is 4.70. The van der Waals surface area contributed by atoms with Gasteiger partial charge in [0.05, 0.1) is 11.5 Å². The fourth-order valence-electron chi connectivity index (χ4n) is 2.73. The number of nitrogens with zero attached hydrogens (tertiary/aromatic N) is 1. The van der Waals surface area contributed by atoms with Gasteiger partial charge in [0.15, 0.2) is 0 Å². The number of piperidine rings is 1. The Morgan fingerprint density at radius 1 is 1.29 bits per heavy atom. The van der Waals surface area contributed by atoms with E-state index >= 15 is 0 Å². The average molecular weight is 340 g/mol. The van der Waals surface area contributed by atoms with Crippen LogP contribution in [0.2, 0.25) is 0 Å². The van der Waals surface area contributed by atoms with Gasteiger partial charge in [-0.05, 0) is 43.5 Å². The van der Waals surface area contributed by atoms with Crippen LogP contribution in [0, 0.1) is 5.92 Å². The maximum Gasteiger partial charge on any atom is 0.416 e. The number of nitrogens with two attached hydrogens (primary N) is 1. The minimum atomic E-state index is -4.43. The molecule has 2 rings (SSSR count). The first-order chi connectivity index (χ1) is 11.2. The largest absolute Gasteiger partial charge is 0.416 e. The number of alkyl halides is 3. The molecule has 1 fully saturated rings. The number of hydrogen-bond donors (Lipinski definition) is 1. The van der Waals surface area contributed by atoms with Gasteiger partial charge in [-0.25, -0.2) is 0 Å². The summed E-state index contributed by atoms with van der Waals surface area (Å²) in [6.07, 6.45) is -0.550. The Morgan fingerprint density at radius 3 is 2.62 bits per heavy atom. The van der Waals surface area contributed by atoms with Crippen LogP contribution in [0.5, 0.6) is 0 Å². The smallest absolute Gasteiger partial charge is 0.369 e. The van der Waals surface area contributed by atoms with E-state index in [4.69, 9.17) is 5.73 Å². The molecule has 0 bridgehead atoms. The minimum Gasteiger partial charge on any atom is -0.369 e. The summed E-state index contributed by atoms with van der Waals surface area (Å²) in [7, 11) is 0. The molecule has 1 saturated heterocycles. The quantitative estimate of drug-likeness (QED) is 0.860. The van der Waals surface area contributed by atoms with Crippen molar-refractivity contribution in [2.24, 2.45) is 11.7 Å². The second-order valence-electron chi connectivity index (χ2n) is 5.97. The van der Waals surface area contributed by atoms with Gasteiger partial charge in [0.25, 0.3) is 0 Å². The zero-order valence-electron chi connectivity index (χ0n) is 13.2. The summed E-state index contributed by atoms with van der Waals surface area (Å²) >= 11 is 0. The molecule has 0 spiro atoms. The fourth-order valence-corrected chi connectivity index (χ4v) is 2.73. The molecule has 1 aromatic rings. The third-order valence-corrected chi connectivity index (χ3v) is 4.20. The van der Waals surface area contributed by atoms with Crippen LogP contribution in [0.4, 0.5) is 13.2 Å². The maximum absolute atomic E-state index is 12.7. The van der Waals surface area contributed by atoms with Crippen molar-refractivity contribution >= 4 is 17.9 Å². The number of likely N-dealkylation sites (tertiary alicyclic amines) is 1. The number of benzene rings is 1. The van der Waals surface area contributed by atoms with Crippen molar-refractivity contribution in [2.75, 3.05) is 6.54 Å². The third kappa shape index (κ3) is 4.37. The van der Waals surface area contributed by atoms with Gasteiger partial charge in [0.1, 0.15) is 0 Å². The van der Waals surface area contributed by atoms with Crippen molar-refractivity contribution in [3.8, 4) is 0 Å². The van der Waals surface area contributed by atoms with Crippen molar-refractivity contribution in [3.63, 3.8) is 0 Å². The molecule has 0 aromatic heterocycles. The predicted octanol–water partition coefficient (Wildman–Crippen LogP) is 2.83. The highest BCUT2D eigenvalue weighted by Crippen LogP contribution is 2.29. The van der Waals surface area contributed by atoms with Crippen LogP contribution in [0.1, 0.15) is 30.9 Å². The highest BCUT2D eigenvalue weighted by Gasteiger charge is 2.31. The van der Waals surface area contributed by atoms with Crippen molar-refractivity contribution in [1.82, 2.24) is 4.90 Å². The molecule has 130 valence electrons. The van der Waals surface area contributed by atoms with E-state index in [1.165, 1.54) is 29.2 Å². The Bertz CT molecular complexity index is 655. The first-order valence-electron chi connectivity index (χ1n) is 7.63. The number of carbonyl (C=O) groups excluding carboxylic acids is 2. The Balaban J connectivity index is 2.11. The van der Waals surface area contributed by atoms with E-state index in [1.54, 1.807) is 0 Å². The summed E-state index contributed by atoms with van der Waals surface area (Å²) in [6.45, 7) is 2.11. The van der Waals surface area contributed by atoms with Crippen molar-refractivity contribution < 1.29 is 22.8 Å². The zero-order valence-corrected chi connectivity index (χ0v) is 13.2. The van der Waals surface area contributed by atoms with Crippen LogP contribution < -0.4 is 5.73 Å². The van der Waals surface area contributed by atoms with Crippen LogP contribution in [-0.2, 0) is 15.8 Å². The monoisotopic (exact) mass is 340 g/mol. The molecule has 7 heteroatoms. The molecule has 1 aromatic carbocycles. The van der Waals surface area contributed by atoms with Crippen LogP contribution in [0.3, 0.4) is 0 Å². The number of amides is 2. The van der Waals surface area contributed by atoms with E-state index in [2.05, 4.69) is 0 Å². The predicted molar refractivity (Wildman–Crippen MR) is 83.6 cm³/mol. The van der Waals surface area contributed by atoms with E-state index in [1.807, 2.05) is 6.92 Å². The van der Waals surface area contributed by atoms with Gasteiger partial charge in [0, 0.05) is 18.7 Å². The molecule has 1 aliphatic heterocycles. The highest BCUT2D eigenvalue weighted by molar-refractivity contribution is 5.92. The Labute approximate surface area is 138 Å². The molecule has 0 radical (unpaired) electrons. The standard InChI is InChI=1S/C17H19F3N2O2/c1-11-5-7-13(16(21)24)10-22(11)15(23)8-6-12-3-2-4-14(9-12)17(18,19)20/h2-4,6,8-9,11,13H,5,7,10H2,1H3,(H2,21,24)/b8-6+/t11-,13-/m1/s1. The number of halogens is 3. The second-order valence-corrected chi connectivity index (χ2v) is 5.97. The van der Waals surface area contributed by atoms with Gasteiger partial charge < -0.3 is 10.6 Å². The van der Waals surface area contributed by atoms with Crippen molar-refractivity contribution in [2.45, 2.75) is 32.0 Å². The van der Waals surface area contributed by atoms with Crippen molar-refractivity contribution in [1.29, 1.82) is 0 Å². The number of rotatable bonds is 3. The molecule has 0 saturated carbocycles. The van der Waals surface area contributed by atoms with Crippen molar-refractivity contribution in [3.05, 3.63) is 41.5 Å². The minimum absolute atomic E-state index is 0.0424. The second kappa shape index (κ2) is 7.07. The highest BCUT2D eigenvalue weighted by atomic mass is 19.4. The Morgan fingerprint density at radius 2 is 2.00 bits per heavy atom. The molecule has 4 nitrogen and oxygen atoms in total. The van der Waals surface area contributed by atoms with Gasteiger partial charge in [-0.2, -0.15) is 13.2 Å². The maximum atomic E-state index is 12.7. The molecular formula is C17H19F3N2O2. The first kappa shape index (κ1) is 18.0. The number of hydrogen-bond acceptors (Lipinski definition) is 2. The lowest BCUT2D eigenvalue weighted by molar-refractivity contribution is -0.137. The summed E-state index contributed by atoms with van der Waals surface area (Å²) in [5.74, 6) is -1.17. The van der Waals surface area contributed by atoms with Crippen LogP contribution >= 0.6 is 0 Å². The van der Waals surface area contributed by atoms with Crippen LogP contribution in [-0.4, -0.2) is 29.3 Å². The molecule has 2 N–H and O–H groups in total. The number of carbonyl (C=O) groups is 2. The number of primary amides is 1. The molecule has 2 atom stereocenters. The normalized spacial score (nSPS) is 21.9. The average Bonchev–Trinajstić information content (AvgIpc) is 2.52. The van der Waals surface area contributed by atoms with Gasteiger partial charge in [0.2, 0.25) is 11.8 Å². The molecular weight excluding hydrogens is 321 g/mol. The van der Waals surface area contributed by atoms with Gasteiger partial charge in [-0.3, -0.25) is 9.59 Å². The topological polar surface area (TPSA) is 63.4 Å². The Hall–Kier alpha value is -2.31. The van der Waals surface area contributed by atoms with E-state index in [9.17, 15) is 22.8 Å². The SMILES string of the molecule is C[C@@H]1CC[C@@H](C(N)=O)CN1C(=O)/C=C/c1cccc(C(F)(F)F)c1. The van der Waals surface area contributed by atoms with Crippen LogP contribution in [0.25, 0.3) is 6.08 Å². The Kier molecular flexibility index (Phi) is 5.31. The van der Waals surface area contributed by atoms with Gasteiger partial charge in [-0.1, -0.05) is 12.1 Å². The van der Waals surface area contributed by atoms with E-state index in [0.717, 1.165) is 12.1 Å². The lowest BCUT2D eigenvalue weighted by Crippen LogP contribution is -2.48.